The molecule has 1 heterocycles. The van der Waals surface area contributed by atoms with E-state index in [9.17, 15) is 14.4 Å². The Morgan fingerprint density at radius 1 is 1.06 bits per heavy atom. The number of benzene rings is 2. The highest BCUT2D eigenvalue weighted by molar-refractivity contribution is 7.99. The van der Waals surface area contributed by atoms with Gasteiger partial charge in [-0.3, -0.25) is 9.59 Å². The standard InChI is InChI=1S/C25H27N5O4S/c1-4-14-30-22(21(16(2)3)27-23(32)17-8-6-5-7-9-17)28-29-25(30)35-15-20(31)26-19-12-10-18(11-13-19)24(33)34/h4-13,16,21H,1,14-15H2,2-3H3,(H,26,31)(H,27,32)(H,33,34)/t21-/m1/s1. The number of nitrogens with zero attached hydrogens (tertiary/aromatic N) is 3. The summed E-state index contributed by atoms with van der Waals surface area (Å²) in [6.07, 6.45) is 1.71. The Balaban J connectivity index is 1.71. The SMILES string of the molecule is C=CCn1c(SCC(=O)Nc2ccc(C(=O)O)cc2)nnc1[C@H](NC(=O)c1ccccc1)C(C)C. The fourth-order valence-electron chi connectivity index (χ4n) is 3.30. The summed E-state index contributed by atoms with van der Waals surface area (Å²) in [4.78, 5) is 36.2. The van der Waals surface area contributed by atoms with E-state index in [-0.39, 0.29) is 29.0 Å². The lowest BCUT2D eigenvalue weighted by atomic mass is 10.0. The van der Waals surface area contributed by atoms with E-state index in [1.54, 1.807) is 30.3 Å². The lowest BCUT2D eigenvalue weighted by Gasteiger charge is -2.22. The summed E-state index contributed by atoms with van der Waals surface area (Å²) in [5.41, 5.74) is 1.19. The smallest absolute Gasteiger partial charge is 0.335 e. The summed E-state index contributed by atoms with van der Waals surface area (Å²) in [5.74, 6) is -0.832. The molecule has 3 rings (SSSR count). The Morgan fingerprint density at radius 3 is 2.34 bits per heavy atom. The second-order valence-corrected chi connectivity index (χ2v) is 8.96. The van der Waals surface area contributed by atoms with Crippen LogP contribution in [0.5, 0.6) is 0 Å². The number of carboxylic acids is 1. The topological polar surface area (TPSA) is 126 Å². The molecular formula is C25H27N5O4S. The van der Waals surface area contributed by atoms with Gasteiger partial charge in [-0.2, -0.15) is 0 Å². The first-order valence-electron chi connectivity index (χ1n) is 11.0. The van der Waals surface area contributed by atoms with Crippen LogP contribution in [0, 0.1) is 5.92 Å². The zero-order valence-corrected chi connectivity index (χ0v) is 20.3. The molecule has 0 fully saturated rings. The van der Waals surface area contributed by atoms with E-state index in [0.717, 1.165) is 0 Å². The number of amides is 2. The van der Waals surface area contributed by atoms with Crippen molar-refractivity contribution in [1.82, 2.24) is 20.1 Å². The third kappa shape index (κ3) is 6.80. The predicted molar refractivity (Wildman–Crippen MR) is 134 cm³/mol. The van der Waals surface area contributed by atoms with Crippen molar-refractivity contribution in [2.45, 2.75) is 31.6 Å². The van der Waals surface area contributed by atoms with Crippen molar-refractivity contribution in [2.24, 2.45) is 5.92 Å². The molecule has 9 nitrogen and oxygen atoms in total. The highest BCUT2D eigenvalue weighted by Crippen LogP contribution is 2.26. The monoisotopic (exact) mass is 493 g/mol. The number of carboxylic acid groups (broad SMARTS) is 1. The Labute approximate surface area is 207 Å². The lowest BCUT2D eigenvalue weighted by molar-refractivity contribution is -0.113. The van der Waals surface area contributed by atoms with Crippen molar-refractivity contribution in [3.63, 3.8) is 0 Å². The Hall–Kier alpha value is -3.92. The third-order valence-corrected chi connectivity index (χ3v) is 6.04. The number of nitrogens with one attached hydrogen (secondary N) is 2. The molecule has 10 heteroatoms. The molecule has 0 aliphatic rings. The van der Waals surface area contributed by atoms with E-state index in [0.29, 0.717) is 28.8 Å². The highest BCUT2D eigenvalue weighted by atomic mass is 32.2. The van der Waals surface area contributed by atoms with Gasteiger partial charge in [-0.25, -0.2) is 4.79 Å². The minimum absolute atomic E-state index is 0.0327. The number of aromatic nitrogens is 3. The van der Waals surface area contributed by atoms with Crippen LogP contribution < -0.4 is 10.6 Å². The van der Waals surface area contributed by atoms with Crippen LogP contribution in [0.4, 0.5) is 5.69 Å². The molecule has 3 N–H and O–H groups in total. The molecule has 1 atom stereocenters. The van der Waals surface area contributed by atoms with Gasteiger partial charge < -0.3 is 20.3 Å². The maximum atomic E-state index is 12.8. The minimum atomic E-state index is -1.03. The molecule has 2 amide bonds. The molecule has 1 aromatic heterocycles. The van der Waals surface area contributed by atoms with Gasteiger partial charge in [0.15, 0.2) is 11.0 Å². The summed E-state index contributed by atoms with van der Waals surface area (Å²) >= 11 is 1.21. The molecule has 0 saturated heterocycles. The van der Waals surface area contributed by atoms with Gasteiger partial charge in [-0.05, 0) is 42.3 Å². The number of hydrogen-bond acceptors (Lipinski definition) is 6. The summed E-state index contributed by atoms with van der Waals surface area (Å²) in [5, 5.41) is 23.9. The first kappa shape index (κ1) is 25.7. The number of allylic oxidation sites excluding steroid dienone is 1. The first-order chi connectivity index (χ1) is 16.8. The quantitative estimate of drug-likeness (QED) is 0.272. The third-order valence-electron chi connectivity index (χ3n) is 5.07. The number of aromatic carboxylic acids is 1. The van der Waals surface area contributed by atoms with Crippen LogP contribution in [0.25, 0.3) is 0 Å². The maximum Gasteiger partial charge on any atom is 0.335 e. The number of anilines is 1. The predicted octanol–water partition coefficient (Wildman–Crippen LogP) is 4.02. The van der Waals surface area contributed by atoms with E-state index in [2.05, 4.69) is 27.4 Å². The molecule has 0 spiro atoms. The average Bonchev–Trinajstić information content (AvgIpc) is 3.24. The molecule has 0 radical (unpaired) electrons. The van der Waals surface area contributed by atoms with Gasteiger partial charge in [-0.1, -0.05) is 49.9 Å². The molecule has 0 bridgehead atoms. The Bertz CT molecular complexity index is 1190. The summed E-state index contributed by atoms with van der Waals surface area (Å²) in [6, 6.07) is 14.5. The fourth-order valence-corrected chi connectivity index (χ4v) is 4.06. The van der Waals surface area contributed by atoms with E-state index in [1.165, 1.54) is 36.0 Å². The van der Waals surface area contributed by atoms with Gasteiger partial charge in [0, 0.05) is 17.8 Å². The van der Waals surface area contributed by atoms with Crippen molar-refractivity contribution >= 4 is 35.2 Å². The van der Waals surface area contributed by atoms with Crippen molar-refractivity contribution in [1.29, 1.82) is 0 Å². The molecule has 2 aromatic carbocycles. The highest BCUT2D eigenvalue weighted by Gasteiger charge is 2.26. The first-order valence-corrected chi connectivity index (χ1v) is 11.9. The zero-order chi connectivity index (χ0) is 25.4. The molecule has 182 valence electrons. The van der Waals surface area contributed by atoms with Crippen LogP contribution >= 0.6 is 11.8 Å². The fraction of sp³-hybridized carbons (Fsp3) is 0.240. The van der Waals surface area contributed by atoms with Crippen molar-refractivity contribution < 1.29 is 19.5 Å². The number of carbonyl (C=O) groups is 3. The van der Waals surface area contributed by atoms with E-state index in [4.69, 9.17) is 5.11 Å². The Kier molecular flexibility index (Phi) is 8.80. The maximum absolute atomic E-state index is 12.8. The second-order valence-electron chi connectivity index (χ2n) is 8.02. The van der Waals surface area contributed by atoms with Gasteiger partial charge in [-0.15, -0.1) is 16.8 Å². The molecule has 0 saturated carbocycles. The van der Waals surface area contributed by atoms with Gasteiger partial charge in [0.25, 0.3) is 5.91 Å². The summed E-state index contributed by atoms with van der Waals surface area (Å²) in [7, 11) is 0. The second kappa shape index (κ2) is 12.0. The normalized spacial score (nSPS) is 11.6. The molecular weight excluding hydrogens is 466 g/mol. The zero-order valence-electron chi connectivity index (χ0n) is 19.5. The summed E-state index contributed by atoms with van der Waals surface area (Å²) < 4.78 is 1.84. The largest absolute Gasteiger partial charge is 0.478 e. The molecule has 35 heavy (non-hydrogen) atoms. The molecule has 0 unspecified atom stereocenters. The number of rotatable bonds is 11. The number of carbonyl (C=O) groups excluding carboxylic acids is 2. The average molecular weight is 494 g/mol. The van der Waals surface area contributed by atoms with Crippen LogP contribution in [0.1, 0.15) is 46.4 Å². The van der Waals surface area contributed by atoms with Gasteiger partial charge in [0.05, 0.1) is 17.4 Å². The van der Waals surface area contributed by atoms with Gasteiger partial charge in [0.2, 0.25) is 5.91 Å². The van der Waals surface area contributed by atoms with Crippen LogP contribution in [0.15, 0.2) is 72.4 Å². The van der Waals surface area contributed by atoms with Crippen LogP contribution in [-0.4, -0.2) is 43.4 Å². The summed E-state index contributed by atoms with van der Waals surface area (Å²) in [6.45, 7) is 8.19. The van der Waals surface area contributed by atoms with Crippen LogP contribution in [-0.2, 0) is 11.3 Å². The molecule has 0 aliphatic carbocycles. The molecule has 0 aliphatic heterocycles. The molecule has 3 aromatic rings. The van der Waals surface area contributed by atoms with E-state index < -0.39 is 12.0 Å². The number of hydrogen-bond donors (Lipinski definition) is 3. The Morgan fingerprint density at radius 2 is 1.74 bits per heavy atom. The number of thioether (sulfide) groups is 1. The van der Waals surface area contributed by atoms with Crippen molar-refractivity contribution in [3.05, 3.63) is 84.2 Å². The van der Waals surface area contributed by atoms with Gasteiger partial charge in [0.1, 0.15) is 0 Å². The van der Waals surface area contributed by atoms with Crippen LogP contribution in [0.2, 0.25) is 0 Å². The van der Waals surface area contributed by atoms with Crippen molar-refractivity contribution in [3.8, 4) is 0 Å². The van der Waals surface area contributed by atoms with E-state index in [1.807, 2.05) is 24.5 Å². The van der Waals surface area contributed by atoms with Crippen LogP contribution in [0.3, 0.4) is 0 Å². The lowest BCUT2D eigenvalue weighted by Crippen LogP contribution is -2.33. The van der Waals surface area contributed by atoms with Gasteiger partial charge >= 0.3 is 5.97 Å². The van der Waals surface area contributed by atoms with E-state index >= 15 is 0 Å². The minimum Gasteiger partial charge on any atom is -0.478 e. The van der Waals surface area contributed by atoms with Crippen molar-refractivity contribution in [2.75, 3.05) is 11.1 Å².